The van der Waals surface area contributed by atoms with Crippen LogP contribution in [0.3, 0.4) is 0 Å². The molecule has 0 spiro atoms. The highest BCUT2D eigenvalue weighted by Crippen LogP contribution is 2.39. The molecule has 1 aromatic carbocycles. The molecule has 0 fully saturated rings. The fourth-order valence-electron chi connectivity index (χ4n) is 3.18. The second-order valence-electron chi connectivity index (χ2n) is 6.33. The van der Waals surface area contributed by atoms with Gasteiger partial charge in [0.25, 0.3) is 5.91 Å². The molecule has 7 heteroatoms. The third-order valence-corrected chi connectivity index (χ3v) is 5.01. The molecule has 1 aliphatic heterocycles. The highest BCUT2D eigenvalue weighted by atomic mass is 79.9. The zero-order valence-electron chi connectivity index (χ0n) is 15.8. The third-order valence-electron chi connectivity index (χ3n) is 4.48. The highest BCUT2D eigenvalue weighted by molar-refractivity contribution is 9.10. The maximum atomic E-state index is 12.5. The minimum Gasteiger partial charge on any atom is -0.459 e. The van der Waals surface area contributed by atoms with Crippen LogP contribution < -0.4 is 5.32 Å². The van der Waals surface area contributed by atoms with Crippen molar-refractivity contribution in [3.63, 3.8) is 0 Å². The smallest absolute Gasteiger partial charge is 0.286 e. The Balaban J connectivity index is 2.31. The molecule has 0 unspecified atom stereocenters. The molecule has 0 saturated carbocycles. The molecular weight excluding hydrogens is 414 g/mol. The number of nitrogens with one attached hydrogen (secondary N) is 1. The quantitative estimate of drug-likeness (QED) is 0.545. The van der Waals surface area contributed by atoms with Crippen molar-refractivity contribution in [1.29, 1.82) is 0 Å². The van der Waals surface area contributed by atoms with Crippen LogP contribution in [0.4, 0.5) is 0 Å². The van der Waals surface area contributed by atoms with Crippen molar-refractivity contribution >= 4 is 21.8 Å². The first kappa shape index (κ1) is 21.9. The summed E-state index contributed by atoms with van der Waals surface area (Å²) in [6, 6.07) is 8.03. The summed E-state index contributed by atoms with van der Waals surface area (Å²) < 4.78 is 17.7. The van der Waals surface area contributed by atoms with Gasteiger partial charge >= 0.3 is 0 Å². The molecule has 0 aromatic heterocycles. The summed E-state index contributed by atoms with van der Waals surface area (Å²) in [5, 5.41) is 12.1. The van der Waals surface area contributed by atoms with E-state index in [0.29, 0.717) is 26.2 Å². The van der Waals surface area contributed by atoms with Crippen molar-refractivity contribution in [2.24, 2.45) is 5.92 Å². The molecule has 3 atom stereocenters. The van der Waals surface area contributed by atoms with Crippen molar-refractivity contribution in [3.05, 3.63) is 46.1 Å². The minimum absolute atomic E-state index is 0.00815. The van der Waals surface area contributed by atoms with Gasteiger partial charge < -0.3 is 24.6 Å². The van der Waals surface area contributed by atoms with Gasteiger partial charge in [0.1, 0.15) is 0 Å². The van der Waals surface area contributed by atoms with E-state index in [1.807, 2.05) is 37.3 Å². The van der Waals surface area contributed by atoms with E-state index in [9.17, 15) is 9.90 Å². The molecule has 1 aromatic rings. The van der Waals surface area contributed by atoms with E-state index in [-0.39, 0.29) is 30.1 Å². The number of rotatable bonds is 10. The van der Waals surface area contributed by atoms with Crippen LogP contribution in [0.5, 0.6) is 0 Å². The topological polar surface area (TPSA) is 77.0 Å². The number of aliphatic hydroxyl groups is 1. The summed E-state index contributed by atoms with van der Waals surface area (Å²) in [5.41, 5.74) is 1.08. The van der Waals surface area contributed by atoms with E-state index in [1.54, 1.807) is 7.11 Å². The average molecular weight is 442 g/mol. The standard InChI is InChI=1S/C20H28BrNO5/c1-3-26-20-16(5-4-11-23)17(14-6-8-15(21)9-7-14)13-18(27-20)19(24)22-10-12-25-2/h6-9,13,16-17,20,23H,3-5,10-12H2,1-2H3,(H,22,24)/t16-,17-,20-/m0/s1. The third kappa shape index (κ3) is 6.31. The first-order valence-corrected chi connectivity index (χ1v) is 10.0. The number of benzene rings is 1. The Bertz CT molecular complexity index is 619. The lowest BCUT2D eigenvalue weighted by atomic mass is 9.80. The zero-order chi connectivity index (χ0) is 19.6. The van der Waals surface area contributed by atoms with Gasteiger partial charge in [0.15, 0.2) is 5.76 Å². The molecule has 2 rings (SSSR count). The van der Waals surface area contributed by atoms with E-state index in [0.717, 1.165) is 16.5 Å². The van der Waals surface area contributed by atoms with Crippen LogP contribution in [-0.4, -0.2) is 50.8 Å². The number of carbonyl (C=O) groups is 1. The average Bonchev–Trinajstić information content (AvgIpc) is 2.67. The predicted octanol–water partition coefficient (Wildman–Crippen LogP) is 2.96. The first-order valence-electron chi connectivity index (χ1n) is 9.24. The number of hydrogen-bond acceptors (Lipinski definition) is 5. The maximum absolute atomic E-state index is 12.5. The normalized spacial score (nSPS) is 22.1. The second kappa shape index (κ2) is 11.4. The van der Waals surface area contributed by atoms with Gasteiger partial charge in [-0.15, -0.1) is 0 Å². The highest BCUT2D eigenvalue weighted by Gasteiger charge is 2.37. The number of hydrogen-bond donors (Lipinski definition) is 2. The summed E-state index contributed by atoms with van der Waals surface area (Å²) in [7, 11) is 1.59. The van der Waals surface area contributed by atoms with Gasteiger partial charge in [-0.3, -0.25) is 4.79 Å². The summed E-state index contributed by atoms with van der Waals surface area (Å²) in [6.45, 7) is 3.33. The number of carbonyl (C=O) groups excluding carboxylic acids is 1. The Hall–Kier alpha value is -1.41. The van der Waals surface area contributed by atoms with Crippen LogP contribution in [-0.2, 0) is 19.0 Å². The largest absolute Gasteiger partial charge is 0.459 e. The lowest BCUT2D eigenvalue weighted by Crippen LogP contribution is -2.39. The molecule has 1 heterocycles. The van der Waals surface area contributed by atoms with Gasteiger partial charge in [0, 0.05) is 43.2 Å². The van der Waals surface area contributed by atoms with Crippen LogP contribution in [0.2, 0.25) is 0 Å². The number of aliphatic hydroxyl groups excluding tert-OH is 1. The van der Waals surface area contributed by atoms with E-state index in [1.165, 1.54) is 0 Å². The molecule has 2 N–H and O–H groups in total. The first-order chi connectivity index (χ1) is 13.1. The van der Waals surface area contributed by atoms with Crippen LogP contribution >= 0.6 is 15.9 Å². The minimum atomic E-state index is -0.539. The van der Waals surface area contributed by atoms with Crippen molar-refractivity contribution < 1.29 is 24.1 Å². The van der Waals surface area contributed by atoms with Gasteiger partial charge in [0.05, 0.1) is 6.61 Å². The Morgan fingerprint density at radius 1 is 1.33 bits per heavy atom. The predicted molar refractivity (Wildman–Crippen MR) is 106 cm³/mol. The molecular formula is C20H28BrNO5. The lowest BCUT2D eigenvalue weighted by Gasteiger charge is -2.37. The molecule has 0 radical (unpaired) electrons. The Morgan fingerprint density at radius 3 is 2.70 bits per heavy atom. The summed E-state index contributed by atoms with van der Waals surface area (Å²) in [6.07, 6.45) is 2.71. The zero-order valence-corrected chi connectivity index (χ0v) is 17.4. The van der Waals surface area contributed by atoms with Gasteiger partial charge in [-0.25, -0.2) is 0 Å². The number of allylic oxidation sites excluding steroid dienone is 1. The monoisotopic (exact) mass is 441 g/mol. The molecule has 150 valence electrons. The van der Waals surface area contributed by atoms with Crippen LogP contribution in [0.1, 0.15) is 31.2 Å². The molecule has 1 amide bonds. The van der Waals surface area contributed by atoms with E-state index in [4.69, 9.17) is 14.2 Å². The summed E-state index contributed by atoms with van der Waals surface area (Å²) in [4.78, 5) is 12.5. The van der Waals surface area contributed by atoms with E-state index < -0.39 is 6.29 Å². The molecule has 0 aliphatic carbocycles. The number of amides is 1. The van der Waals surface area contributed by atoms with Crippen LogP contribution in [0.25, 0.3) is 0 Å². The molecule has 1 aliphatic rings. The van der Waals surface area contributed by atoms with Crippen molar-refractivity contribution in [1.82, 2.24) is 5.32 Å². The van der Waals surface area contributed by atoms with Gasteiger partial charge in [-0.2, -0.15) is 0 Å². The number of halogens is 1. The fourth-order valence-corrected chi connectivity index (χ4v) is 3.45. The number of methoxy groups -OCH3 is 1. The van der Waals surface area contributed by atoms with Gasteiger partial charge in [-0.05, 0) is 43.5 Å². The molecule has 0 saturated heterocycles. The Kier molecular flexibility index (Phi) is 9.27. The second-order valence-corrected chi connectivity index (χ2v) is 7.24. The maximum Gasteiger partial charge on any atom is 0.286 e. The Morgan fingerprint density at radius 2 is 2.07 bits per heavy atom. The van der Waals surface area contributed by atoms with E-state index in [2.05, 4.69) is 21.2 Å². The van der Waals surface area contributed by atoms with Crippen LogP contribution in [0.15, 0.2) is 40.6 Å². The summed E-state index contributed by atoms with van der Waals surface area (Å²) >= 11 is 3.46. The molecule has 0 bridgehead atoms. The van der Waals surface area contributed by atoms with Crippen LogP contribution in [0, 0.1) is 5.92 Å². The Labute approximate surface area is 169 Å². The van der Waals surface area contributed by atoms with Crippen molar-refractivity contribution in [2.45, 2.75) is 32.0 Å². The number of ether oxygens (including phenoxy) is 3. The lowest BCUT2D eigenvalue weighted by molar-refractivity contribution is -0.166. The summed E-state index contributed by atoms with van der Waals surface area (Å²) in [5.74, 6) is -0.0517. The van der Waals surface area contributed by atoms with Gasteiger partial charge in [-0.1, -0.05) is 28.1 Å². The fraction of sp³-hybridized carbons (Fsp3) is 0.550. The molecule has 27 heavy (non-hydrogen) atoms. The van der Waals surface area contributed by atoms with Gasteiger partial charge in [0.2, 0.25) is 6.29 Å². The van der Waals surface area contributed by atoms with Crippen molar-refractivity contribution in [3.8, 4) is 0 Å². The molecule has 6 nitrogen and oxygen atoms in total. The SMILES string of the molecule is CCO[C@H]1OC(C(=O)NCCOC)=C[C@@H](c2ccc(Br)cc2)[C@@H]1CCCO. The van der Waals surface area contributed by atoms with E-state index >= 15 is 0 Å². The van der Waals surface area contributed by atoms with Crippen molar-refractivity contribution in [2.75, 3.05) is 33.5 Å².